The largest absolute Gasteiger partial charge is 0.343 e. The molecule has 2 aromatic heterocycles. The fourth-order valence-corrected chi connectivity index (χ4v) is 2.87. The first-order chi connectivity index (χ1) is 8.88. The van der Waals surface area contributed by atoms with Crippen LogP contribution in [0.2, 0.25) is 0 Å². The maximum absolute atomic E-state index is 5.53. The molecule has 0 saturated heterocycles. The van der Waals surface area contributed by atoms with Crippen molar-refractivity contribution in [1.82, 2.24) is 14.7 Å². The van der Waals surface area contributed by atoms with Crippen molar-refractivity contribution < 1.29 is 4.52 Å². The van der Waals surface area contributed by atoms with Crippen LogP contribution in [0.4, 0.5) is 0 Å². The van der Waals surface area contributed by atoms with Gasteiger partial charge in [-0.3, -0.25) is 0 Å². The quantitative estimate of drug-likeness (QED) is 0.897. The highest BCUT2D eigenvalue weighted by Crippen LogP contribution is 2.37. The molecule has 1 aliphatic rings. The van der Waals surface area contributed by atoms with Crippen LogP contribution in [-0.2, 0) is 6.54 Å². The molecule has 0 aromatic carbocycles. The molecule has 0 unspecified atom stereocenters. The SMILES string of the molecule is NCc1nc([C@@H](C2CCCC2)n2cccc2)no1. The van der Waals surface area contributed by atoms with Crippen LogP contribution >= 0.6 is 0 Å². The Kier molecular flexibility index (Phi) is 3.15. The highest BCUT2D eigenvalue weighted by molar-refractivity contribution is 5.05. The minimum Gasteiger partial charge on any atom is -0.343 e. The number of hydrogen-bond donors (Lipinski definition) is 1. The molecule has 2 heterocycles. The van der Waals surface area contributed by atoms with Gasteiger partial charge in [0.15, 0.2) is 5.82 Å². The lowest BCUT2D eigenvalue weighted by Crippen LogP contribution is -2.19. The fraction of sp³-hybridized carbons (Fsp3) is 0.538. The van der Waals surface area contributed by atoms with Crippen LogP contribution in [0.5, 0.6) is 0 Å². The molecule has 1 aliphatic carbocycles. The maximum atomic E-state index is 5.53. The molecule has 1 saturated carbocycles. The number of nitrogens with zero attached hydrogens (tertiary/aromatic N) is 3. The van der Waals surface area contributed by atoms with Crippen molar-refractivity contribution in [2.24, 2.45) is 11.7 Å². The lowest BCUT2D eigenvalue weighted by atomic mass is 9.97. The minimum atomic E-state index is 0.187. The van der Waals surface area contributed by atoms with Gasteiger partial charge in [0, 0.05) is 12.4 Å². The Balaban J connectivity index is 1.93. The second-order valence-corrected chi connectivity index (χ2v) is 4.87. The third-order valence-corrected chi connectivity index (χ3v) is 3.72. The third kappa shape index (κ3) is 2.06. The standard InChI is InChI=1S/C13H18N4O/c14-9-11-15-13(16-18-11)12(10-5-1-2-6-10)17-7-3-4-8-17/h3-4,7-8,10,12H,1-2,5-6,9,14H2/t12-/m1/s1. The molecule has 18 heavy (non-hydrogen) atoms. The van der Waals surface area contributed by atoms with E-state index in [1.165, 1.54) is 25.7 Å². The first-order valence-electron chi connectivity index (χ1n) is 6.53. The lowest BCUT2D eigenvalue weighted by molar-refractivity contribution is 0.336. The molecule has 5 nitrogen and oxygen atoms in total. The Morgan fingerprint density at radius 1 is 1.33 bits per heavy atom. The Hall–Kier alpha value is -1.62. The van der Waals surface area contributed by atoms with Crippen molar-refractivity contribution in [3.63, 3.8) is 0 Å². The van der Waals surface area contributed by atoms with Crippen molar-refractivity contribution in [2.45, 2.75) is 38.3 Å². The van der Waals surface area contributed by atoms with Crippen molar-refractivity contribution in [2.75, 3.05) is 0 Å². The molecule has 0 radical (unpaired) electrons. The zero-order valence-electron chi connectivity index (χ0n) is 10.3. The fourth-order valence-electron chi connectivity index (χ4n) is 2.87. The van der Waals surface area contributed by atoms with Crippen molar-refractivity contribution in [3.8, 4) is 0 Å². The molecule has 5 heteroatoms. The van der Waals surface area contributed by atoms with Gasteiger partial charge in [-0.2, -0.15) is 4.98 Å². The van der Waals surface area contributed by atoms with Crippen LogP contribution in [0.15, 0.2) is 29.0 Å². The second-order valence-electron chi connectivity index (χ2n) is 4.87. The Morgan fingerprint density at radius 2 is 2.06 bits per heavy atom. The average Bonchev–Trinajstić information content (AvgIpc) is 3.13. The molecular formula is C13H18N4O. The maximum Gasteiger partial charge on any atom is 0.240 e. The smallest absolute Gasteiger partial charge is 0.240 e. The van der Waals surface area contributed by atoms with Crippen LogP contribution in [-0.4, -0.2) is 14.7 Å². The number of aromatic nitrogens is 3. The Morgan fingerprint density at radius 3 is 2.67 bits per heavy atom. The predicted molar refractivity (Wildman–Crippen MR) is 66.7 cm³/mol. The minimum absolute atomic E-state index is 0.187. The molecule has 0 spiro atoms. The van der Waals surface area contributed by atoms with Gasteiger partial charge in [-0.05, 0) is 30.9 Å². The molecule has 2 N–H and O–H groups in total. The van der Waals surface area contributed by atoms with Gasteiger partial charge in [-0.25, -0.2) is 0 Å². The molecule has 0 amide bonds. The van der Waals surface area contributed by atoms with E-state index in [9.17, 15) is 0 Å². The van der Waals surface area contributed by atoms with Gasteiger partial charge >= 0.3 is 0 Å². The summed E-state index contributed by atoms with van der Waals surface area (Å²) in [4.78, 5) is 4.41. The van der Waals surface area contributed by atoms with Crippen molar-refractivity contribution in [1.29, 1.82) is 0 Å². The Labute approximate surface area is 106 Å². The van der Waals surface area contributed by atoms with Gasteiger partial charge in [0.2, 0.25) is 5.89 Å². The van der Waals surface area contributed by atoms with Crippen LogP contribution in [0.1, 0.15) is 43.4 Å². The summed E-state index contributed by atoms with van der Waals surface area (Å²) in [6.07, 6.45) is 9.20. The van der Waals surface area contributed by atoms with E-state index in [2.05, 4.69) is 27.1 Å². The van der Waals surface area contributed by atoms with E-state index in [4.69, 9.17) is 10.3 Å². The van der Waals surface area contributed by atoms with Gasteiger partial charge in [-0.1, -0.05) is 18.0 Å². The molecule has 0 aliphatic heterocycles. The van der Waals surface area contributed by atoms with E-state index in [1.54, 1.807) is 0 Å². The summed E-state index contributed by atoms with van der Waals surface area (Å²) in [7, 11) is 0. The summed E-state index contributed by atoms with van der Waals surface area (Å²) in [5.41, 5.74) is 5.53. The first kappa shape index (κ1) is 11.5. The highest BCUT2D eigenvalue weighted by Gasteiger charge is 2.30. The van der Waals surface area contributed by atoms with Crippen molar-refractivity contribution >= 4 is 0 Å². The van der Waals surface area contributed by atoms with E-state index in [-0.39, 0.29) is 6.04 Å². The number of rotatable bonds is 4. The van der Waals surface area contributed by atoms with Crippen molar-refractivity contribution in [3.05, 3.63) is 36.2 Å². The summed E-state index contributed by atoms with van der Waals surface area (Å²) < 4.78 is 7.33. The van der Waals surface area contributed by atoms with E-state index in [0.29, 0.717) is 18.4 Å². The van der Waals surface area contributed by atoms with Crippen LogP contribution in [0, 0.1) is 5.92 Å². The normalized spacial score (nSPS) is 18.3. The molecule has 0 bridgehead atoms. The summed E-state index contributed by atoms with van der Waals surface area (Å²) in [6, 6.07) is 4.25. The van der Waals surface area contributed by atoms with E-state index in [0.717, 1.165) is 5.82 Å². The molecule has 3 rings (SSSR count). The summed E-state index contributed by atoms with van der Waals surface area (Å²) in [5, 5.41) is 4.10. The van der Waals surface area contributed by atoms with Gasteiger partial charge < -0.3 is 14.8 Å². The summed E-state index contributed by atoms with van der Waals surface area (Å²) >= 11 is 0. The predicted octanol–water partition coefficient (Wildman–Crippen LogP) is 2.11. The van der Waals surface area contributed by atoms with Gasteiger partial charge in [0.1, 0.15) is 0 Å². The van der Waals surface area contributed by atoms with Gasteiger partial charge in [0.25, 0.3) is 0 Å². The van der Waals surface area contributed by atoms with Crippen LogP contribution in [0.25, 0.3) is 0 Å². The van der Waals surface area contributed by atoms with Crippen LogP contribution in [0.3, 0.4) is 0 Å². The summed E-state index contributed by atoms with van der Waals surface area (Å²) in [6.45, 7) is 0.302. The third-order valence-electron chi connectivity index (χ3n) is 3.72. The zero-order valence-corrected chi connectivity index (χ0v) is 10.3. The monoisotopic (exact) mass is 246 g/mol. The van der Waals surface area contributed by atoms with Gasteiger partial charge in [-0.15, -0.1) is 0 Å². The van der Waals surface area contributed by atoms with Gasteiger partial charge in [0.05, 0.1) is 12.6 Å². The first-order valence-corrected chi connectivity index (χ1v) is 6.53. The number of hydrogen-bond acceptors (Lipinski definition) is 4. The summed E-state index contributed by atoms with van der Waals surface area (Å²) in [5.74, 6) is 1.87. The van der Waals surface area contributed by atoms with E-state index < -0.39 is 0 Å². The molecule has 96 valence electrons. The van der Waals surface area contributed by atoms with E-state index in [1.807, 2.05) is 12.1 Å². The molecular weight excluding hydrogens is 228 g/mol. The van der Waals surface area contributed by atoms with E-state index >= 15 is 0 Å². The lowest BCUT2D eigenvalue weighted by Gasteiger charge is -2.21. The topological polar surface area (TPSA) is 69.9 Å². The average molecular weight is 246 g/mol. The number of nitrogens with two attached hydrogens (primary N) is 1. The zero-order chi connectivity index (χ0) is 12.4. The van der Waals surface area contributed by atoms with Crippen LogP contribution < -0.4 is 5.73 Å². The highest BCUT2D eigenvalue weighted by atomic mass is 16.5. The molecule has 2 aromatic rings. The second kappa shape index (κ2) is 4.94. The molecule has 1 fully saturated rings. The Bertz CT molecular complexity index is 485. The molecule has 1 atom stereocenters.